The molecular weight excluding hydrogens is 633 g/mol. The molecule has 1 aliphatic carbocycles. The van der Waals surface area contributed by atoms with Crippen LogP contribution >= 0.6 is 11.6 Å². The molecule has 3 aromatic rings. The van der Waals surface area contributed by atoms with Crippen molar-refractivity contribution in [3.63, 3.8) is 0 Å². The van der Waals surface area contributed by atoms with Crippen molar-refractivity contribution >= 4 is 29.4 Å². The van der Waals surface area contributed by atoms with Crippen molar-refractivity contribution in [1.29, 1.82) is 0 Å². The zero-order valence-corrected chi connectivity index (χ0v) is 25.3. The Kier molecular flexibility index (Phi) is 11.2. The Morgan fingerprint density at radius 3 is 2.39 bits per heavy atom. The zero-order chi connectivity index (χ0) is 33.5. The van der Waals surface area contributed by atoms with Crippen LogP contribution in [0.2, 0.25) is 5.02 Å². The normalized spacial score (nSPS) is 17.7. The zero-order valence-electron chi connectivity index (χ0n) is 24.5. The number of aromatic nitrogens is 1. The molecule has 4 rings (SSSR count). The average Bonchev–Trinajstić information content (AvgIpc) is 3.45. The van der Waals surface area contributed by atoms with Crippen LogP contribution in [0, 0.1) is 11.7 Å². The first-order valence-electron chi connectivity index (χ1n) is 14.6. The van der Waals surface area contributed by atoms with Gasteiger partial charge in [-0.25, -0.2) is 18.0 Å². The summed E-state index contributed by atoms with van der Waals surface area (Å²) >= 11 is 6.10. The van der Waals surface area contributed by atoms with Gasteiger partial charge in [0.2, 0.25) is 11.8 Å². The SMILES string of the molecule is NC(=O)CCNC(=O)[C@H]1CCC[C@H]1NC(=O)N[C@@](Cc1ccccc1)(c1cc(F)cc(CC(F)(F)C(F)F)c1)c1ccc(Cl)cn1. The summed E-state index contributed by atoms with van der Waals surface area (Å²) in [6, 6.07) is 13.2. The molecule has 5 N–H and O–H groups in total. The van der Waals surface area contributed by atoms with Crippen LogP contribution in [0.25, 0.3) is 0 Å². The first-order valence-corrected chi connectivity index (χ1v) is 14.9. The predicted molar refractivity (Wildman–Crippen MR) is 161 cm³/mol. The van der Waals surface area contributed by atoms with E-state index in [4.69, 9.17) is 17.3 Å². The number of pyridine rings is 1. The number of alkyl halides is 4. The number of nitrogens with one attached hydrogen (secondary N) is 3. The van der Waals surface area contributed by atoms with E-state index in [2.05, 4.69) is 20.9 Å². The Balaban J connectivity index is 1.75. The van der Waals surface area contributed by atoms with Gasteiger partial charge in [-0.15, -0.1) is 0 Å². The lowest BCUT2D eigenvalue weighted by atomic mass is 9.79. The highest BCUT2D eigenvalue weighted by molar-refractivity contribution is 6.30. The van der Waals surface area contributed by atoms with Gasteiger partial charge in [-0.05, 0) is 53.8 Å². The number of nitrogens with zero attached hydrogens (tertiary/aromatic N) is 1. The number of nitrogens with two attached hydrogens (primary N) is 1. The molecule has 0 radical (unpaired) electrons. The van der Waals surface area contributed by atoms with E-state index in [0.717, 1.165) is 18.2 Å². The fraction of sp³-hybridized carbons (Fsp3) is 0.375. The molecule has 0 bridgehead atoms. The van der Waals surface area contributed by atoms with Crippen LogP contribution in [-0.4, -0.2) is 47.8 Å². The van der Waals surface area contributed by atoms with Gasteiger partial charge in [-0.3, -0.25) is 14.6 Å². The third kappa shape index (κ3) is 8.71. The number of hydrogen-bond donors (Lipinski definition) is 4. The molecule has 0 spiro atoms. The Hall–Kier alpha value is -4.26. The number of carbonyl (C=O) groups is 3. The molecule has 0 saturated heterocycles. The molecule has 0 aliphatic heterocycles. The Labute approximate surface area is 267 Å². The summed E-state index contributed by atoms with van der Waals surface area (Å²) in [5, 5.41) is 8.57. The molecule has 2 aromatic carbocycles. The number of rotatable bonds is 13. The van der Waals surface area contributed by atoms with E-state index in [1.54, 1.807) is 30.3 Å². The number of amides is 4. The van der Waals surface area contributed by atoms with Crippen LogP contribution in [0.1, 0.15) is 48.1 Å². The molecular formula is C32H33ClF5N5O3. The number of carbonyl (C=O) groups excluding carboxylic acids is 3. The summed E-state index contributed by atoms with van der Waals surface area (Å²) in [5.41, 5.74) is 3.75. The van der Waals surface area contributed by atoms with E-state index >= 15 is 4.39 Å². The smallest absolute Gasteiger partial charge is 0.316 e. The lowest BCUT2D eigenvalue weighted by Gasteiger charge is -2.36. The lowest BCUT2D eigenvalue weighted by Crippen LogP contribution is -2.55. The van der Waals surface area contributed by atoms with Crippen LogP contribution in [-0.2, 0) is 28.0 Å². The van der Waals surface area contributed by atoms with E-state index in [1.165, 1.54) is 18.3 Å². The number of halogens is 6. The van der Waals surface area contributed by atoms with Crippen molar-refractivity contribution in [3.8, 4) is 0 Å². The highest BCUT2D eigenvalue weighted by Gasteiger charge is 2.43. The average molecular weight is 666 g/mol. The van der Waals surface area contributed by atoms with Crippen molar-refractivity contribution in [1.82, 2.24) is 20.9 Å². The molecule has 1 heterocycles. The van der Waals surface area contributed by atoms with Crippen molar-refractivity contribution in [2.45, 2.75) is 62.5 Å². The minimum atomic E-state index is -4.44. The van der Waals surface area contributed by atoms with Crippen LogP contribution < -0.4 is 21.7 Å². The summed E-state index contributed by atoms with van der Waals surface area (Å²) in [6.45, 7) is 0.0402. The summed E-state index contributed by atoms with van der Waals surface area (Å²) in [5.74, 6) is -6.99. The number of hydrogen-bond acceptors (Lipinski definition) is 4. The second-order valence-corrected chi connectivity index (χ2v) is 11.7. The molecule has 0 unspecified atom stereocenters. The van der Waals surface area contributed by atoms with Gasteiger partial charge in [0, 0.05) is 38.0 Å². The Bertz CT molecular complexity index is 1530. The van der Waals surface area contributed by atoms with Gasteiger partial charge in [0.15, 0.2) is 0 Å². The molecule has 1 fully saturated rings. The van der Waals surface area contributed by atoms with Gasteiger partial charge >= 0.3 is 18.4 Å². The highest BCUT2D eigenvalue weighted by Crippen LogP contribution is 2.36. The van der Waals surface area contributed by atoms with Crippen molar-refractivity contribution < 1.29 is 36.3 Å². The van der Waals surface area contributed by atoms with Gasteiger partial charge in [0.05, 0.1) is 16.6 Å². The first-order chi connectivity index (χ1) is 21.8. The fourth-order valence-corrected chi connectivity index (χ4v) is 5.80. The summed E-state index contributed by atoms with van der Waals surface area (Å²) in [4.78, 5) is 42.1. The van der Waals surface area contributed by atoms with Crippen LogP contribution in [0.4, 0.5) is 26.7 Å². The molecule has 8 nitrogen and oxygen atoms in total. The third-order valence-corrected chi connectivity index (χ3v) is 8.08. The van der Waals surface area contributed by atoms with E-state index in [-0.39, 0.29) is 41.6 Å². The Morgan fingerprint density at radius 1 is 1.00 bits per heavy atom. The third-order valence-electron chi connectivity index (χ3n) is 7.85. The van der Waals surface area contributed by atoms with E-state index in [1.807, 2.05) is 0 Å². The molecule has 1 saturated carbocycles. The maximum Gasteiger partial charge on any atom is 0.316 e. The van der Waals surface area contributed by atoms with Crippen LogP contribution in [0.15, 0.2) is 66.9 Å². The molecule has 4 amide bonds. The maximum atomic E-state index is 15.1. The molecule has 46 heavy (non-hydrogen) atoms. The van der Waals surface area contributed by atoms with Crippen molar-refractivity contribution in [2.75, 3.05) is 6.54 Å². The van der Waals surface area contributed by atoms with Gasteiger partial charge in [0.25, 0.3) is 0 Å². The molecule has 3 atom stereocenters. The summed E-state index contributed by atoms with van der Waals surface area (Å²) in [7, 11) is 0. The van der Waals surface area contributed by atoms with Gasteiger partial charge in [0.1, 0.15) is 11.4 Å². The standard InChI is InChI=1S/C32H33ClF5N5O3/c33-22-9-10-26(41-18-22)31(16-19-5-2-1-3-6-19,21-13-20(14-23(34)15-21)17-32(37,38)29(35)36)43-30(46)42-25-8-4-7-24(25)28(45)40-12-11-27(39)44/h1-3,5-6,9-10,13-15,18,24-25,29H,4,7-8,11-12,16-17H2,(H2,39,44)(H,40,45)(H2,42,43,46)/t24-,25+,31-/m0/s1. The summed E-state index contributed by atoms with van der Waals surface area (Å²) < 4.78 is 69.6. The van der Waals surface area contributed by atoms with E-state index in [9.17, 15) is 31.9 Å². The second kappa shape index (κ2) is 14.9. The maximum absolute atomic E-state index is 15.1. The first kappa shape index (κ1) is 34.6. The number of benzene rings is 2. The molecule has 1 aromatic heterocycles. The highest BCUT2D eigenvalue weighted by atomic mass is 35.5. The van der Waals surface area contributed by atoms with E-state index < -0.39 is 59.6 Å². The van der Waals surface area contributed by atoms with Gasteiger partial charge < -0.3 is 21.7 Å². The quantitative estimate of drug-likeness (QED) is 0.186. The minimum Gasteiger partial charge on any atom is -0.370 e. The lowest BCUT2D eigenvalue weighted by molar-refractivity contribution is -0.127. The summed E-state index contributed by atoms with van der Waals surface area (Å²) in [6.07, 6.45) is -2.71. The largest absolute Gasteiger partial charge is 0.370 e. The van der Waals surface area contributed by atoms with E-state index in [0.29, 0.717) is 24.8 Å². The fourth-order valence-electron chi connectivity index (χ4n) is 5.68. The molecule has 1 aliphatic rings. The van der Waals surface area contributed by atoms with Gasteiger partial charge in [-0.2, -0.15) is 8.78 Å². The second-order valence-electron chi connectivity index (χ2n) is 11.3. The molecule has 14 heteroatoms. The predicted octanol–water partition coefficient (Wildman–Crippen LogP) is 5.26. The monoisotopic (exact) mass is 665 g/mol. The molecule has 246 valence electrons. The Morgan fingerprint density at radius 2 is 1.74 bits per heavy atom. The minimum absolute atomic E-state index is 0.0337. The number of urea groups is 1. The van der Waals surface area contributed by atoms with Crippen molar-refractivity contribution in [2.24, 2.45) is 11.7 Å². The van der Waals surface area contributed by atoms with Crippen LogP contribution in [0.3, 0.4) is 0 Å². The van der Waals surface area contributed by atoms with Gasteiger partial charge in [-0.1, -0.05) is 54.4 Å². The topological polar surface area (TPSA) is 126 Å². The number of primary amides is 1. The van der Waals surface area contributed by atoms with Crippen molar-refractivity contribution in [3.05, 3.63) is 100 Å². The van der Waals surface area contributed by atoms with Crippen LogP contribution in [0.5, 0.6) is 0 Å².